The second-order valence-corrected chi connectivity index (χ2v) is 5.65. The zero-order chi connectivity index (χ0) is 14.3. The van der Waals surface area contributed by atoms with Gasteiger partial charge in [-0.2, -0.15) is 4.98 Å². The van der Waals surface area contributed by atoms with Crippen molar-refractivity contribution in [3.8, 4) is 0 Å². The molecule has 20 heavy (non-hydrogen) atoms. The third kappa shape index (κ3) is 1.86. The molecule has 1 aromatic rings. The maximum atomic E-state index is 12.8. The van der Waals surface area contributed by atoms with E-state index in [0.29, 0.717) is 24.7 Å². The van der Waals surface area contributed by atoms with Crippen LogP contribution >= 0.6 is 11.6 Å². The van der Waals surface area contributed by atoms with Crippen LogP contribution in [0.1, 0.15) is 19.3 Å². The lowest BCUT2D eigenvalue weighted by Gasteiger charge is -2.47. The summed E-state index contributed by atoms with van der Waals surface area (Å²) in [6, 6.07) is 0. The lowest BCUT2D eigenvalue weighted by Crippen LogP contribution is -2.64. The number of fused-ring (bicyclic) bond motifs is 1. The van der Waals surface area contributed by atoms with Crippen molar-refractivity contribution in [1.82, 2.24) is 9.97 Å². The Morgan fingerprint density at radius 3 is 3.00 bits per heavy atom. The van der Waals surface area contributed by atoms with E-state index in [9.17, 15) is 4.79 Å². The molecule has 0 radical (unpaired) electrons. The minimum Gasteiger partial charge on any atom is -0.378 e. The Kier molecular flexibility index (Phi) is 3.30. The molecular formula is C13H17ClN4O2. The van der Waals surface area contributed by atoms with Gasteiger partial charge in [0.15, 0.2) is 5.82 Å². The Morgan fingerprint density at radius 2 is 2.20 bits per heavy atom. The van der Waals surface area contributed by atoms with Crippen LogP contribution in [-0.4, -0.2) is 48.7 Å². The van der Waals surface area contributed by atoms with Gasteiger partial charge >= 0.3 is 0 Å². The van der Waals surface area contributed by atoms with E-state index < -0.39 is 5.54 Å². The average Bonchev–Trinajstić information content (AvgIpc) is 2.70. The van der Waals surface area contributed by atoms with E-state index in [4.69, 9.17) is 16.3 Å². The van der Waals surface area contributed by atoms with E-state index in [1.807, 2.05) is 11.9 Å². The molecule has 0 aliphatic carbocycles. The van der Waals surface area contributed by atoms with E-state index in [0.717, 1.165) is 19.3 Å². The topological polar surface area (TPSA) is 58.6 Å². The highest BCUT2D eigenvalue weighted by molar-refractivity contribution is 6.28. The predicted octanol–water partition coefficient (Wildman–Crippen LogP) is 1.48. The van der Waals surface area contributed by atoms with Gasteiger partial charge in [0.05, 0.1) is 12.8 Å². The Morgan fingerprint density at radius 1 is 1.40 bits per heavy atom. The van der Waals surface area contributed by atoms with Gasteiger partial charge in [-0.05, 0) is 30.9 Å². The third-order valence-corrected chi connectivity index (χ3v) is 4.40. The average molecular weight is 297 g/mol. The molecule has 1 aromatic heterocycles. The van der Waals surface area contributed by atoms with E-state index in [-0.39, 0.29) is 11.2 Å². The molecule has 108 valence electrons. The summed E-state index contributed by atoms with van der Waals surface area (Å²) in [5.74, 6) is 0.706. The van der Waals surface area contributed by atoms with Crippen molar-refractivity contribution in [3.05, 3.63) is 11.5 Å². The Labute approximate surface area is 122 Å². The summed E-state index contributed by atoms with van der Waals surface area (Å²) in [5, 5.41) is 0.183. The summed E-state index contributed by atoms with van der Waals surface area (Å²) in [7, 11) is 3.62. The zero-order valence-corrected chi connectivity index (χ0v) is 12.4. The number of hydrogen-bond donors (Lipinski definition) is 0. The van der Waals surface area contributed by atoms with Crippen LogP contribution < -0.4 is 9.80 Å². The van der Waals surface area contributed by atoms with Crippen LogP contribution in [0.3, 0.4) is 0 Å². The number of rotatable bonds is 0. The number of ether oxygens (including phenoxy) is 1. The monoisotopic (exact) mass is 296 g/mol. The highest BCUT2D eigenvalue weighted by Crippen LogP contribution is 2.40. The van der Waals surface area contributed by atoms with E-state index in [1.165, 1.54) is 0 Å². The molecule has 3 heterocycles. The van der Waals surface area contributed by atoms with Gasteiger partial charge < -0.3 is 14.5 Å². The molecule has 3 rings (SSSR count). The minimum absolute atomic E-state index is 0.0281. The number of likely N-dealkylation sites (N-methyl/N-ethyl adjacent to an activating group) is 2. The maximum absolute atomic E-state index is 12.8. The molecule has 0 aromatic carbocycles. The first-order chi connectivity index (χ1) is 9.56. The molecule has 1 amide bonds. The van der Waals surface area contributed by atoms with Crippen LogP contribution in [0.15, 0.2) is 6.20 Å². The first kappa shape index (κ1) is 13.6. The fourth-order valence-electron chi connectivity index (χ4n) is 2.96. The molecule has 2 aliphatic rings. The summed E-state index contributed by atoms with van der Waals surface area (Å²) in [6.07, 6.45) is 4.28. The summed E-state index contributed by atoms with van der Waals surface area (Å²) in [4.78, 5) is 24.6. The first-order valence-corrected chi connectivity index (χ1v) is 7.06. The molecule has 0 N–H and O–H groups in total. The number of halogens is 1. The number of hydrogen-bond acceptors (Lipinski definition) is 5. The standard InChI is InChI=1S/C13H17ClN4O2/c1-17-9-7-15-12(14)16-10(9)18(2)13(11(17)19)5-3-4-6-20-8-13/h7H,3-6,8H2,1-2H3. The van der Waals surface area contributed by atoms with Gasteiger partial charge in [-0.15, -0.1) is 0 Å². The lowest BCUT2D eigenvalue weighted by molar-refractivity contribution is -0.126. The van der Waals surface area contributed by atoms with Crippen LogP contribution in [0, 0.1) is 0 Å². The Hall–Kier alpha value is -1.40. The number of nitrogens with zero attached hydrogens (tertiary/aromatic N) is 4. The van der Waals surface area contributed by atoms with E-state index in [1.54, 1.807) is 18.1 Å². The van der Waals surface area contributed by atoms with Crippen LogP contribution in [-0.2, 0) is 9.53 Å². The Bertz CT molecular complexity index is 543. The molecule has 1 atom stereocenters. The highest BCUT2D eigenvalue weighted by Gasteiger charge is 2.50. The molecule has 1 unspecified atom stereocenters. The molecule has 1 fully saturated rings. The Balaban J connectivity index is 2.11. The van der Waals surface area contributed by atoms with Gasteiger partial charge in [-0.25, -0.2) is 4.98 Å². The first-order valence-electron chi connectivity index (χ1n) is 6.68. The minimum atomic E-state index is -0.685. The van der Waals surface area contributed by atoms with Gasteiger partial charge in [0.2, 0.25) is 5.28 Å². The lowest BCUT2D eigenvalue weighted by atomic mass is 9.88. The molecule has 0 saturated carbocycles. The van der Waals surface area contributed by atoms with Crippen LogP contribution in [0.5, 0.6) is 0 Å². The molecule has 1 saturated heterocycles. The molecular weight excluding hydrogens is 280 g/mol. The molecule has 1 spiro atoms. The number of amides is 1. The van der Waals surface area contributed by atoms with Crippen molar-refractivity contribution in [1.29, 1.82) is 0 Å². The summed E-state index contributed by atoms with van der Waals surface area (Å²) in [6.45, 7) is 1.08. The summed E-state index contributed by atoms with van der Waals surface area (Å²) >= 11 is 5.90. The normalized spacial score (nSPS) is 26.6. The molecule has 2 aliphatic heterocycles. The van der Waals surface area contributed by atoms with Gasteiger partial charge in [0.25, 0.3) is 5.91 Å². The quantitative estimate of drug-likeness (QED) is 0.679. The fourth-order valence-corrected chi connectivity index (χ4v) is 3.09. The molecule has 7 heteroatoms. The largest absolute Gasteiger partial charge is 0.378 e. The van der Waals surface area contributed by atoms with E-state index in [2.05, 4.69) is 9.97 Å². The molecule has 0 bridgehead atoms. The van der Waals surface area contributed by atoms with Crippen molar-refractivity contribution < 1.29 is 9.53 Å². The van der Waals surface area contributed by atoms with Gasteiger partial charge in [-0.3, -0.25) is 4.79 Å². The third-order valence-electron chi connectivity index (χ3n) is 4.21. The van der Waals surface area contributed by atoms with Crippen LogP contribution in [0.25, 0.3) is 0 Å². The summed E-state index contributed by atoms with van der Waals surface area (Å²) < 4.78 is 5.66. The fraction of sp³-hybridized carbons (Fsp3) is 0.615. The van der Waals surface area contributed by atoms with E-state index >= 15 is 0 Å². The number of carbonyl (C=O) groups excluding carboxylic acids is 1. The van der Waals surface area contributed by atoms with Crippen LogP contribution in [0.4, 0.5) is 11.5 Å². The van der Waals surface area contributed by atoms with Crippen molar-refractivity contribution >= 4 is 29.0 Å². The highest BCUT2D eigenvalue weighted by atomic mass is 35.5. The van der Waals surface area contributed by atoms with Crippen molar-refractivity contribution in [2.75, 3.05) is 37.1 Å². The predicted molar refractivity (Wildman–Crippen MR) is 76.3 cm³/mol. The van der Waals surface area contributed by atoms with Gasteiger partial charge in [0, 0.05) is 20.7 Å². The maximum Gasteiger partial charge on any atom is 0.255 e. The second-order valence-electron chi connectivity index (χ2n) is 5.31. The number of aromatic nitrogens is 2. The molecule has 6 nitrogen and oxygen atoms in total. The zero-order valence-electron chi connectivity index (χ0n) is 11.6. The van der Waals surface area contributed by atoms with Crippen molar-refractivity contribution in [3.63, 3.8) is 0 Å². The van der Waals surface area contributed by atoms with Gasteiger partial charge in [0.1, 0.15) is 11.2 Å². The smallest absolute Gasteiger partial charge is 0.255 e. The van der Waals surface area contributed by atoms with Crippen molar-refractivity contribution in [2.24, 2.45) is 0 Å². The second kappa shape index (κ2) is 4.86. The van der Waals surface area contributed by atoms with Crippen LogP contribution in [0.2, 0.25) is 5.28 Å². The van der Waals surface area contributed by atoms with Gasteiger partial charge in [-0.1, -0.05) is 0 Å². The van der Waals surface area contributed by atoms with Crippen molar-refractivity contribution in [2.45, 2.75) is 24.8 Å². The SMILES string of the molecule is CN1C(=O)C2(CCCCOC2)N(C)c2nc(Cl)ncc21. The summed E-state index contributed by atoms with van der Waals surface area (Å²) in [5.41, 5.74) is -0.00702. The number of anilines is 2. The number of carbonyl (C=O) groups is 1.